The quantitative estimate of drug-likeness (QED) is 0.151. The van der Waals surface area contributed by atoms with E-state index in [0.717, 1.165) is 62.9 Å². The number of aromatic hydroxyl groups is 1. The van der Waals surface area contributed by atoms with Crippen LogP contribution in [0.3, 0.4) is 0 Å². The molecule has 0 aromatic heterocycles. The van der Waals surface area contributed by atoms with E-state index in [2.05, 4.69) is 23.3 Å². The number of hydrogen-bond donors (Lipinski definition) is 3. The first-order valence-electron chi connectivity index (χ1n) is 14.1. The van der Waals surface area contributed by atoms with Gasteiger partial charge in [0.1, 0.15) is 12.4 Å². The van der Waals surface area contributed by atoms with Crippen molar-refractivity contribution in [2.45, 2.75) is 44.4 Å². The molecule has 0 bridgehead atoms. The molecule has 0 radical (unpaired) electrons. The van der Waals surface area contributed by atoms with E-state index in [1.54, 1.807) is 32.4 Å². The molecule has 7 heteroatoms. The molecule has 0 fully saturated rings. The largest absolute Gasteiger partial charge is 0.508 e. The Bertz CT molecular complexity index is 1280. The second-order valence-electron chi connectivity index (χ2n) is 10.2. The molecule has 1 unspecified atom stereocenters. The molecule has 4 rings (SSSR count). The van der Waals surface area contributed by atoms with Crippen LogP contribution in [0.4, 0.5) is 10.1 Å². The van der Waals surface area contributed by atoms with Gasteiger partial charge in [-0.05, 0) is 104 Å². The van der Waals surface area contributed by atoms with Gasteiger partial charge in [-0.25, -0.2) is 4.39 Å². The normalized spacial score (nSPS) is 14.3. The molecular formula is C33H41FN2O4. The monoisotopic (exact) mass is 548 g/mol. The average molecular weight is 549 g/mol. The number of phenolic OH excluding ortho intramolecular Hbond substituents is 1. The van der Waals surface area contributed by atoms with Crippen LogP contribution in [0.5, 0.6) is 23.0 Å². The van der Waals surface area contributed by atoms with Crippen molar-refractivity contribution in [3.05, 3.63) is 89.3 Å². The fraction of sp³-hybridized carbons (Fsp3) is 0.394. The zero-order valence-electron chi connectivity index (χ0n) is 23.6. The number of methoxy groups -OCH3 is 2. The van der Waals surface area contributed by atoms with Crippen molar-refractivity contribution in [2.75, 3.05) is 45.8 Å². The summed E-state index contributed by atoms with van der Waals surface area (Å²) in [5, 5.41) is 16.7. The number of hydrogen-bond acceptors (Lipinski definition) is 6. The summed E-state index contributed by atoms with van der Waals surface area (Å²) in [6, 6.07) is 15.0. The molecule has 0 aliphatic heterocycles. The van der Waals surface area contributed by atoms with Gasteiger partial charge in [0.25, 0.3) is 0 Å². The van der Waals surface area contributed by atoms with E-state index in [9.17, 15) is 9.50 Å². The van der Waals surface area contributed by atoms with Crippen molar-refractivity contribution < 1.29 is 23.7 Å². The first-order valence-corrected chi connectivity index (χ1v) is 14.1. The molecule has 0 saturated heterocycles. The molecule has 1 aliphatic rings. The molecule has 40 heavy (non-hydrogen) atoms. The standard InChI is InChI=1S/C33H41FN2O4/c1-4-5-14-35-16-17-40-31-13-8-23(18-29(31)34)7-6-15-36-30-22-33(39-3)32(38-2)21-28(30)26-10-9-25-20-27(37)12-11-24(25)19-26/h4,8,11-13,18,20-22,26,35-37H,1,5-7,9-10,14-17,19H2,2-3H3. The van der Waals surface area contributed by atoms with Crippen LogP contribution >= 0.6 is 0 Å². The molecular weight excluding hydrogens is 507 g/mol. The van der Waals surface area contributed by atoms with Gasteiger partial charge in [0, 0.05) is 24.8 Å². The van der Waals surface area contributed by atoms with Gasteiger partial charge >= 0.3 is 0 Å². The summed E-state index contributed by atoms with van der Waals surface area (Å²) in [6.45, 7) is 6.34. The van der Waals surface area contributed by atoms with Crippen LogP contribution in [-0.4, -0.2) is 45.6 Å². The third kappa shape index (κ3) is 7.69. The van der Waals surface area contributed by atoms with E-state index >= 15 is 0 Å². The summed E-state index contributed by atoms with van der Waals surface area (Å²) >= 11 is 0. The lowest BCUT2D eigenvalue weighted by atomic mass is 9.79. The Morgan fingerprint density at radius 1 is 0.975 bits per heavy atom. The summed E-state index contributed by atoms with van der Waals surface area (Å²) in [6.07, 6.45) is 7.14. The van der Waals surface area contributed by atoms with E-state index in [0.29, 0.717) is 36.3 Å². The minimum absolute atomic E-state index is 0.284. The lowest BCUT2D eigenvalue weighted by Gasteiger charge is -2.28. The van der Waals surface area contributed by atoms with Gasteiger partial charge in [-0.1, -0.05) is 18.2 Å². The van der Waals surface area contributed by atoms with E-state index < -0.39 is 0 Å². The Labute approximate surface area is 237 Å². The highest BCUT2D eigenvalue weighted by Gasteiger charge is 2.24. The van der Waals surface area contributed by atoms with Gasteiger partial charge in [0.2, 0.25) is 0 Å². The van der Waals surface area contributed by atoms with Gasteiger partial charge in [-0.2, -0.15) is 0 Å². The minimum atomic E-state index is -0.329. The average Bonchev–Trinajstić information content (AvgIpc) is 2.97. The van der Waals surface area contributed by atoms with Crippen molar-refractivity contribution in [3.8, 4) is 23.0 Å². The summed E-state index contributed by atoms with van der Waals surface area (Å²) in [5.74, 6) is 1.99. The van der Waals surface area contributed by atoms with E-state index in [1.807, 2.05) is 30.3 Å². The summed E-state index contributed by atoms with van der Waals surface area (Å²) < 4.78 is 31.4. The van der Waals surface area contributed by atoms with Gasteiger partial charge in [-0.15, -0.1) is 6.58 Å². The topological polar surface area (TPSA) is 72.0 Å². The highest BCUT2D eigenvalue weighted by atomic mass is 19.1. The van der Waals surface area contributed by atoms with Crippen LogP contribution in [-0.2, 0) is 19.3 Å². The molecule has 0 amide bonds. The number of benzene rings is 3. The van der Waals surface area contributed by atoms with Crippen LogP contribution in [0.1, 0.15) is 47.4 Å². The maximum Gasteiger partial charge on any atom is 0.165 e. The third-order valence-corrected chi connectivity index (χ3v) is 7.43. The summed E-state index contributed by atoms with van der Waals surface area (Å²) in [7, 11) is 3.30. The van der Waals surface area contributed by atoms with Gasteiger partial charge < -0.3 is 30.0 Å². The number of anilines is 1. The van der Waals surface area contributed by atoms with Crippen LogP contribution in [0, 0.1) is 5.82 Å². The molecule has 1 atom stereocenters. The fourth-order valence-electron chi connectivity index (χ4n) is 5.29. The number of halogens is 1. The zero-order chi connectivity index (χ0) is 28.3. The Kier molecular flexibility index (Phi) is 10.7. The number of rotatable bonds is 15. The second kappa shape index (κ2) is 14.6. The lowest BCUT2D eigenvalue weighted by Crippen LogP contribution is -2.21. The summed E-state index contributed by atoms with van der Waals surface area (Å²) in [4.78, 5) is 0. The molecule has 6 nitrogen and oxygen atoms in total. The molecule has 3 aromatic carbocycles. The van der Waals surface area contributed by atoms with Crippen molar-refractivity contribution in [2.24, 2.45) is 0 Å². The SMILES string of the molecule is C=CCCNCCOc1ccc(CCCNc2cc(OC)c(OC)cc2C2CCc3cc(O)ccc3C2)cc1F. The van der Waals surface area contributed by atoms with E-state index in [4.69, 9.17) is 14.2 Å². The number of fused-ring (bicyclic) bond motifs is 1. The number of ether oxygens (including phenoxy) is 3. The molecule has 0 spiro atoms. The third-order valence-electron chi connectivity index (χ3n) is 7.43. The highest BCUT2D eigenvalue weighted by molar-refractivity contribution is 5.62. The smallest absolute Gasteiger partial charge is 0.165 e. The number of nitrogens with one attached hydrogen (secondary N) is 2. The Balaban J connectivity index is 1.36. The van der Waals surface area contributed by atoms with Crippen molar-refractivity contribution in [3.63, 3.8) is 0 Å². The van der Waals surface area contributed by atoms with Crippen LogP contribution in [0.2, 0.25) is 0 Å². The molecule has 214 valence electrons. The number of aryl methyl sites for hydroxylation is 2. The Morgan fingerprint density at radius 3 is 2.58 bits per heavy atom. The predicted octanol–water partition coefficient (Wildman–Crippen LogP) is 6.41. The van der Waals surface area contributed by atoms with Gasteiger partial charge in [0.15, 0.2) is 23.1 Å². The molecule has 1 aliphatic carbocycles. The van der Waals surface area contributed by atoms with Crippen molar-refractivity contribution >= 4 is 5.69 Å². The second-order valence-corrected chi connectivity index (χ2v) is 10.2. The first kappa shape index (κ1) is 29.3. The molecule has 0 heterocycles. The zero-order valence-corrected chi connectivity index (χ0v) is 23.6. The predicted molar refractivity (Wildman–Crippen MR) is 159 cm³/mol. The van der Waals surface area contributed by atoms with Gasteiger partial charge in [-0.3, -0.25) is 0 Å². The van der Waals surface area contributed by atoms with E-state index in [-0.39, 0.29) is 11.6 Å². The van der Waals surface area contributed by atoms with Crippen LogP contribution in [0.15, 0.2) is 61.2 Å². The molecule has 3 N–H and O–H groups in total. The lowest BCUT2D eigenvalue weighted by molar-refractivity contribution is 0.299. The van der Waals surface area contributed by atoms with Crippen molar-refractivity contribution in [1.29, 1.82) is 0 Å². The Hall–Kier alpha value is -3.71. The first-order chi connectivity index (χ1) is 19.5. The summed E-state index contributed by atoms with van der Waals surface area (Å²) in [5.41, 5.74) is 5.66. The molecule has 3 aromatic rings. The molecule has 0 saturated carbocycles. The highest BCUT2D eigenvalue weighted by Crippen LogP contribution is 2.42. The minimum Gasteiger partial charge on any atom is -0.508 e. The maximum atomic E-state index is 14.6. The fourth-order valence-corrected chi connectivity index (χ4v) is 5.29. The van der Waals surface area contributed by atoms with E-state index in [1.165, 1.54) is 16.7 Å². The van der Waals surface area contributed by atoms with Crippen LogP contribution in [0.25, 0.3) is 0 Å². The maximum absolute atomic E-state index is 14.6. The Morgan fingerprint density at radius 2 is 1.80 bits per heavy atom. The van der Waals surface area contributed by atoms with Crippen LogP contribution < -0.4 is 24.8 Å². The number of phenols is 1. The van der Waals surface area contributed by atoms with Gasteiger partial charge in [0.05, 0.1) is 14.2 Å². The van der Waals surface area contributed by atoms with Crippen molar-refractivity contribution in [1.82, 2.24) is 5.32 Å².